The van der Waals surface area contributed by atoms with Gasteiger partial charge in [0.05, 0.1) is 24.7 Å². The van der Waals surface area contributed by atoms with Crippen LogP contribution in [0.1, 0.15) is 107 Å². The fraction of sp³-hybridized carbons (Fsp3) is 0.300. The van der Waals surface area contributed by atoms with Gasteiger partial charge in [-0.15, -0.1) is 0 Å². The van der Waals surface area contributed by atoms with Crippen LogP contribution in [-0.4, -0.2) is 39.3 Å². The lowest BCUT2D eigenvalue weighted by Gasteiger charge is -2.38. The first-order chi connectivity index (χ1) is 35.4. The van der Waals surface area contributed by atoms with E-state index in [1.807, 2.05) is 81.7 Å². The molecule has 0 radical (unpaired) electrons. The average molecular weight is 1040 g/mol. The zero-order valence-corrected chi connectivity index (χ0v) is 45.8. The van der Waals surface area contributed by atoms with E-state index in [1.165, 1.54) is 52.6 Å². The minimum atomic E-state index is -4.09. The fourth-order valence-corrected chi connectivity index (χ4v) is 9.47. The van der Waals surface area contributed by atoms with Gasteiger partial charge in [-0.25, -0.2) is 9.97 Å². The Morgan fingerprint density at radius 2 is 1.07 bits per heavy atom. The number of allylic oxidation sites excluding steroid dienone is 18. The molecule has 14 nitrogen and oxygen atoms in total. The van der Waals surface area contributed by atoms with E-state index in [1.54, 1.807) is 30.3 Å². The summed E-state index contributed by atoms with van der Waals surface area (Å²) in [6.07, 6.45) is 39.6. The highest BCUT2D eigenvalue weighted by molar-refractivity contribution is 7.84. The molecule has 2 amide bonds. The van der Waals surface area contributed by atoms with Crippen molar-refractivity contribution in [1.82, 2.24) is 19.1 Å². The quantitative estimate of drug-likeness (QED) is 0.0425. The van der Waals surface area contributed by atoms with Crippen LogP contribution in [-0.2, 0) is 19.9 Å². The SMILES string of the molecule is C=C(N)Oc1ccc(NC(=O)/C=C(C)/C=C/C=C(C)/C=C/C2=C(C)C(n3ccnc3)CCC2(C)C)cc1.CC1=C(/C=C/C(C)=C/C=C/C(C)=C/C(=O)Nc2ccc(OS(N)(=O)=O)cc2)C(C)(C)CCC1n1ccnc1. The second kappa shape index (κ2) is 26.5. The third-order valence-electron chi connectivity index (χ3n) is 13.0. The van der Waals surface area contributed by atoms with Crippen LogP contribution in [0.2, 0.25) is 0 Å². The third-order valence-corrected chi connectivity index (χ3v) is 13.5. The summed E-state index contributed by atoms with van der Waals surface area (Å²) >= 11 is 0. The van der Waals surface area contributed by atoms with Crippen molar-refractivity contribution in [2.75, 3.05) is 10.6 Å². The van der Waals surface area contributed by atoms with Crippen LogP contribution >= 0.6 is 0 Å². The molecule has 6 rings (SSSR count). The van der Waals surface area contributed by atoms with Crippen LogP contribution in [0.25, 0.3) is 0 Å². The highest BCUT2D eigenvalue weighted by Crippen LogP contribution is 2.46. The van der Waals surface area contributed by atoms with E-state index >= 15 is 0 Å². The zero-order valence-electron chi connectivity index (χ0n) is 45.0. The predicted octanol–water partition coefficient (Wildman–Crippen LogP) is 12.8. The molecule has 2 aromatic carbocycles. The van der Waals surface area contributed by atoms with Gasteiger partial charge in [0.1, 0.15) is 11.5 Å². The van der Waals surface area contributed by atoms with E-state index in [9.17, 15) is 18.0 Å². The van der Waals surface area contributed by atoms with Crippen molar-refractivity contribution in [2.24, 2.45) is 21.7 Å². The van der Waals surface area contributed by atoms with E-state index in [0.717, 1.165) is 48.0 Å². The van der Waals surface area contributed by atoms with Gasteiger partial charge in [0, 0.05) is 48.3 Å². The van der Waals surface area contributed by atoms with Gasteiger partial charge in [-0.2, -0.15) is 13.6 Å². The summed E-state index contributed by atoms with van der Waals surface area (Å²) in [5, 5.41) is 10.4. The Labute approximate surface area is 444 Å². The number of carbonyl (C=O) groups is 2. The molecular weight excluding hydrogens is 961 g/mol. The minimum absolute atomic E-state index is 0.0629. The molecule has 2 unspecified atom stereocenters. The summed E-state index contributed by atoms with van der Waals surface area (Å²) in [5.74, 6) is 0.239. The largest absolute Gasteiger partial charge is 0.442 e. The van der Waals surface area contributed by atoms with Crippen LogP contribution < -0.4 is 30.4 Å². The number of rotatable bonds is 18. The second-order valence-electron chi connectivity index (χ2n) is 20.2. The maximum absolute atomic E-state index is 12.3. The van der Waals surface area contributed by atoms with Gasteiger partial charge in [-0.05, 0) is 167 Å². The Bertz CT molecular complexity index is 3070. The molecule has 2 aliphatic carbocycles. The van der Waals surface area contributed by atoms with Gasteiger partial charge in [0.15, 0.2) is 5.88 Å². The molecule has 0 spiro atoms. The van der Waals surface area contributed by atoms with Gasteiger partial charge >= 0.3 is 10.3 Å². The topological polar surface area (TPSA) is 198 Å². The van der Waals surface area contributed by atoms with Gasteiger partial charge in [-0.3, -0.25) is 9.59 Å². The van der Waals surface area contributed by atoms with E-state index in [4.69, 9.17) is 15.6 Å². The number of carbonyl (C=O) groups excluding carboxylic acids is 2. The van der Waals surface area contributed by atoms with Crippen molar-refractivity contribution in [1.29, 1.82) is 0 Å². The molecule has 15 heteroatoms. The molecular formula is C60H74N8O6S. The third kappa shape index (κ3) is 18.6. The van der Waals surface area contributed by atoms with Gasteiger partial charge < -0.3 is 34.4 Å². The van der Waals surface area contributed by atoms with Crippen molar-refractivity contribution < 1.29 is 26.9 Å². The van der Waals surface area contributed by atoms with E-state index < -0.39 is 10.3 Å². The predicted molar refractivity (Wildman–Crippen MR) is 303 cm³/mol. The number of aromatic nitrogens is 4. The first-order valence-corrected chi connectivity index (χ1v) is 26.3. The van der Waals surface area contributed by atoms with Crippen molar-refractivity contribution in [3.05, 3.63) is 216 Å². The number of ether oxygens (including phenoxy) is 1. The molecule has 0 bridgehead atoms. The summed E-state index contributed by atoms with van der Waals surface area (Å²) in [6.45, 7) is 25.1. The molecule has 396 valence electrons. The standard InChI is InChI=1S/C31H38N4O2.C29H36N4O4S/c1-22(10-15-28-24(3)29(16-17-31(28,5)6)35-19-18-33-21-35)8-7-9-23(2)20-30(36)34-26-11-13-27(14-12-26)37-25(4)32;1-21(9-14-26-23(3)27(15-16-29(26,4)5)33-18-17-31-20-33)7-6-8-22(2)19-28(34)32-24-10-12-25(13-11-24)37-38(30,35)36/h7-15,18-21,29H,4,16-17,32H2,1-3,5-6H3,(H,34,36);6-14,17-20,27H,15-16H2,1-5H3,(H,32,34)(H2,30,35,36)/b9-7+,15-10+,22-8+,23-20+;8-6+,14-9+,21-7+,22-19+. The number of anilines is 2. The fourth-order valence-electron chi connectivity index (χ4n) is 9.09. The summed E-state index contributed by atoms with van der Waals surface area (Å²) < 4.78 is 36.1. The number of nitrogens with zero attached hydrogens (tertiary/aromatic N) is 4. The molecule has 2 heterocycles. The normalized spacial score (nSPS) is 18.7. The van der Waals surface area contributed by atoms with Gasteiger partial charge in [0.25, 0.3) is 0 Å². The first-order valence-electron chi connectivity index (χ1n) is 24.9. The van der Waals surface area contributed by atoms with E-state index in [-0.39, 0.29) is 34.3 Å². The Kier molecular flexibility index (Phi) is 20.5. The lowest BCUT2D eigenvalue weighted by atomic mass is 9.71. The zero-order chi connectivity index (χ0) is 54.9. The van der Waals surface area contributed by atoms with E-state index in [0.29, 0.717) is 29.2 Å². The van der Waals surface area contributed by atoms with Gasteiger partial charge in [0.2, 0.25) is 11.8 Å². The van der Waals surface area contributed by atoms with Crippen LogP contribution in [0.3, 0.4) is 0 Å². The molecule has 2 atom stereocenters. The molecule has 0 aliphatic heterocycles. The van der Waals surface area contributed by atoms with Crippen LogP contribution in [0.4, 0.5) is 11.4 Å². The monoisotopic (exact) mass is 1030 g/mol. The number of amides is 2. The number of nitrogens with two attached hydrogens (primary N) is 2. The molecule has 0 saturated heterocycles. The molecule has 2 aromatic heterocycles. The van der Waals surface area contributed by atoms with Crippen molar-refractivity contribution >= 4 is 33.5 Å². The maximum Gasteiger partial charge on any atom is 0.380 e. The van der Waals surface area contributed by atoms with Crippen LogP contribution in [0.15, 0.2) is 216 Å². The molecule has 75 heavy (non-hydrogen) atoms. The van der Waals surface area contributed by atoms with Crippen LogP contribution in [0, 0.1) is 10.8 Å². The first kappa shape index (κ1) is 58.1. The smallest absolute Gasteiger partial charge is 0.380 e. The molecule has 0 saturated carbocycles. The highest BCUT2D eigenvalue weighted by atomic mass is 32.2. The van der Waals surface area contributed by atoms with Crippen molar-refractivity contribution in [2.45, 2.75) is 107 Å². The Morgan fingerprint density at radius 1 is 0.667 bits per heavy atom. The average Bonchev–Trinajstić information content (AvgIpc) is 4.06. The van der Waals surface area contributed by atoms with Gasteiger partial charge in [-0.1, -0.05) is 99.6 Å². The summed E-state index contributed by atoms with van der Waals surface area (Å²) in [5.41, 5.74) is 16.2. The number of hydrogen-bond donors (Lipinski definition) is 4. The number of nitrogens with one attached hydrogen (secondary N) is 2. The summed E-state index contributed by atoms with van der Waals surface area (Å²) in [6, 6.07) is 13.5. The number of benzene rings is 2. The number of hydrogen-bond acceptors (Lipinski definition) is 9. The second-order valence-corrected chi connectivity index (χ2v) is 21.4. The number of imidazole rings is 2. The Hall–Kier alpha value is -7.75. The van der Waals surface area contributed by atoms with Crippen molar-refractivity contribution in [3.8, 4) is 11.5 Å². The Morgan fingerprint density at radius 3 is 1.43 bits per heavy atom. The highest BCUT2D eigenvalue weighted by Gasteiger charge is 2.33. The Balaban J connectivity index is 0.000000277. The molecule has 0 fully saturated rings. The van der Waals surface area contributed by atoms with E-state index in [2.05, 4.69) is 126 Å². The summed E-state index contributed by atoms with van der Waals surface area (Å²) in [7, 11) is -4.09. The van der Waals surface area contributed by atoms with Crippen LogP contribution in [0.5, 0.6) is 11.5 Å². The lowest BCUT2D eigenvalue weighted by Crippen LogP contribution is -2.25. The summed E-state index contributed by atoms with van der Waals surface area (Å²) in [4.78, 5) is 33.1. The molecule has 2 aliphatic rings. The minimum Gasteiger partial charge on any atom is -0.442 e. The van der Waals surface area contributed by atoms with Crippen molar-refractivity contribution in [3.63, 3.8) is 0 Å². The molecule has 6 N–H and O–H groups in total. The molecule has 4 aromatic rings. The maximum atomic E-state index is 12.3. The lowest BCUT2D eigenvalue weighted by molar-refractivity contribution is -0.112.